The van der Waals surface area contributed by atoms with E-state index in [4.69, 9.17) is 22.1 Å². The minimum Gasteiger partial charge on any atom is -0.454 e. The van der Waals surface area contributed by atoms with Gasteiger partial charge in [-0.3, -0.25) is 9.59 Å². The summed E-state index contributed by atoms with van der Waals surface area (Å²) in [4.78, 5) is 34.7. The van der Waals surface area contributed by atoms with Crippen molar-refractivity contribution in [1.82, 2.24) is 5.32 Å². The highest BCUT2D eigenvalue weighted by atomic mass is 35.5. The first-order valence-electron chi connectivity index (χ1n) is 6.81. The molecule has 1 aromatic carbocycles. The fraction of sp³-hybridized carbons (Fsp3) is 0.400. The summed E-state index contributed by atoms with van der Waals surface area (Å²) in [6.07, 6.45) is 0.386. The van der Waals surface area contributed by atoms with Crippen molar-refractivity contribution in [1.29, 1.82) is 0 Å². The zero-order chi connectivity index (χ0) is 16.7. The maximum Gasteiger partial charge on any atom is 0.329 e. The molecule has 0 aliphatic carbocycles. The fourth-order valence-electron chi connectivity index (χ4n) is 1.77. The van der Waals surface area contributed by atoms with Crippen LogP contribution in [0.15, 0.2) is 24.3 Å². The lowest BCUT2D eigenvalue weighted by Crippen LogP contribution is -2.43. The van der Waals surface area contributed by atoms with Crippen LogP contribution in [0, 0.1) is 5.92 Å². The molecule has 0 fully saturated rings. The molecule has 7 heteroatoms. The SMILES string of the molecule is CC(C)C[C@@H](NC(=O)c1ccc(Cl)cc1)C(=O)OCC(N)=O. The number of amides is 2. The van der Waals surface area contributed by atoms with Crippen LogP contribution in [0.2, 0.25) is 5.02 Å². The van der Waals surface area contributed by atoms with Gasteiger partial charge in [0.05, 0.1) is 0 Å². The lowest BCUT2D eigenvalue weighted by atomic mass is 10.0. The third-order valence-corrected chi connectivity index (χ3v) is 3.01. The molecule has 0 unspecified atom stereocenters. The molecule has 0 aliphatic heterocycles. The van der Waals surface area contributed by atoms with Gasteiger partial charge in [0.25, 0.3) is 11.8 Å². The highest BCUT2D eigenvalue weighted by Crippen LogP contribution is 2.11. The van der Waals surface area contributed by atoms with Gasteiger partial charge in [-0.05, 0) is 36.6 Å². The number of nitrogens with two attached hydrogens (primary N) is 1. The zero-order valence-electron chi connectivity index (χ0n) is 12.5. The molecular formula is C15H19ClN2O4. The quantitative estimate of drug-likeness (QED) is 0.742. The van der Waals surface area contributed by atoms with Gasteiger partial charge in [0, 0.05) is 10.6 Å². The molecular weight excluding hydrogens is 308 g/mol. The van der Waals surface area contributed by atoms with E-state index < -0.39 is 30.4 Å². The number of esters is 1. The summed E-state index contributed by atoms with van der Waals surface area (Å²) in [6.45, 7) is 3.30. The number of nitrogens with one attached hydrogen (secondary N) is 1. The van der Waals surface area contributed by atoms with Gasteiger partial charge in [0.2, 0.25) is 0 Å². The lowest BCUT2D eigenvalue weighted by molar-refractivity contribution is -0.150. The molecule has 1 aromatic rings. The van der Waals surface area contributed by atoms with E-state index in [0.717, 1.165) is 0 Å². The van der Waals surface area contributed by atoms with Gasteiger partial charge in [-0.1, -0.05) is 25.4 Å². The van der Waals surface area contributed by atoms with Crippen LogP contribution >= 0.6 is 11.6 Å². The Balaban J connectivity index is 2.75. The van der Waals surface area contributed by atoms with Crippen molar-refractivity contribution in [3.05, 3.63) is 34.9 Å². The minimum absolute atomic E-state index is 0.150. The van der Waals surface area contributed by atoms with Crippen molar-refractivity contribution in [3.63, 3.8) is 0 Å². The van der Waals surface area contributed by atoms with E-state index in [1.54, 1.807) is 24.3 Å². The molecule has 0 heterocycles. The van der Waals surface area contributed by atoms with Gasteiger partial charge in [-0.2, -0.15) is 0 Å². The molecule has 0 bridgehead atoms. The summed E-state index contributed by atoms with van der Waals surface area (Å²) in [7, 11) is 0. The molecule has 120 valence electrons. The average Bonchev–Trinajstić information content (AvgIpc) is 2.44. The highest BCUT2D eigenvalue weighted by molar-refractivity contribution is 6.30. The maximum absolute atomic E-state index is 12.1. The molecule has 22 heavy (non-hydrogen) atoms. The normalized spacial score (nSPS) is 11.8. The van der Waals surface area contributed by atoms with Gasteiger partial charge in [-0.15, -0.1) is 0 Å². The van der Waals surface area contributed by atoms with Crippen LogP contribution in [0.3, 0.4) is 0 Å². The van der Waals surface area contributed by atoms with E-state index in [1.165, 1.54) is 0 Å². The lowest BCUT2D eigenvalue weighted by Gasteiger charge is -2.19. The molecule has 0 spiro atoms. The van der Waals surface area contributed by atoms with E-state index in [1.807, 2.05) is 13.8 Å². The van der Waals surface area contributed by atoms with Gasteiger partial charge in [0.1, 0.15) is 6.04 Å². The highest BCUT2D eigenvalue weighted by Gasteiger charge is 2.24. The molecule has 1 atom stereocenters. The molecule has 6 nitrogen and oxygen atoms in total. The molecule has 0 radical (unpaired) electrons. The molecule has 0 aromatic heterocycles. The van der Waals surface area contributed by atoms with Crippen molar-refractivity contribution in [2.75, 3.05) is 6.61 Å². The van der Waals surface area contributed by atoms with E-state index in [-0.39, 0.29) is 5.92 Å². The Labute approximate surface area is 134 Å². The van der Waals surface area contributed by atoms with Crippen LogP contribution in [-0.4, -0.2) is 30.4 Å². The molecule has 0 aliphatic rings. The number of ether oxygens (including phenoxy) is 1. The summed E-state index contributed by atoms with van der Waals surface area (Å²) in [6, 6.07) is 5.43. The summed E-state index contributed by atoms with van der Waals surface area (Å²) in [5, 5.41) is 3.11. The second-order valence-corrected chi connectivity index (χ2v) is 5.67. The number of primary amides is 1. The number of hydrogen-bond donors (Lipinski definition) is 2. The van der Waals surface area contributed by atoms with Gasteiger partial charge in [0.15, 0.2) is 6.61 Å². The van der Waals surface area contributed by atoms with Crippen molar-refractivity contribution in [2.24, 2.45) is 11.7 Å². The van der Waals surface area contributed by atoms with Gasteiger partial charge >= 0.3 is 5.97 Å². The van der Waals surface area contributed by atoms with Gasteiger partial charge < -0.3 is 15.8 Å². The number of benzene rings is 1. The Morgan fingerprint density at radius 3 is 2.32 bits per heavy atom. The molecule has 0 saturated carbocycles. The van der Waals surface area contributed by atoms with Crippen LogP contribution in [0.5, 0.6) is 0 Å². The van der Waals surface area contributed by atoms with Crippen molar-refractivity contribution in [2.45, 2.75) is 26.3 Å². The second-order valence-electron chi connectivity index (χ2n) is 5.24. The average molecular weight is 327 g/mol. The minimum atomic E-state index is -0.845. The standard InChI is InChI=1S/C15H19ClN2O4/c1-9(2)7-12(15(21)22-8-13(17)19)18-14(20)10-3-5-11(16)6-4-10/h3-6,9,12H,7-8H2,1-2H3,(H2,17,19)(H,18,20)/t12-/m1/s1. The predicted molar refractivity (Wildman–Crippen MR) is 82.3 cm³/mol. The van der Waals surface area contributed by atoms with E-state index in [9.17, 15) is 14.4 Å². The van der Waals surface area contributed by atoms with Crippen LogP contribution in [0.25, 0.3) is 0 Å². The van der Waals surface area contributed by atoms with Crippen LogP contribution in [-0.2, 0) is 14.3 Å². The Kier molecular flexibility index (Phi) is 6.85. The monoisotopic (exact) mass is 326 g/mol. The fourth-order valence-corrected chi connectivity index (χ4v) is 1.90. The van der Waals surface area contributed by atoms with Gasteiger partial charge in [-0.25, -0.2) is 4.79 Å². The Bertz CT molecular complexity index is 543. The first kappa shape index (κ1) is 18.0. The number of carbonyl (C=O) groups excluding carboxylic acids is 3. The summed E-state index contributed by atoms with van der Waals surface area (Å²) >= 11 is 5.76. The molecule has 0 saturated heterocycles. The second kappa shape index (κ2) is 8.38. The smallest absolute Gasteiger partial charge is 0.329 e. The summed E-state index contributed by atoms with van der Waals surface area (Å²) in [5.41, 5.74) is 5.31. The zero-order valence-corrected chi connectivity index (χ0v) is 13.2. The summed E-state index contributed by atoms with van der Waals surface area (Å²) in [5.74, 6) is -1.70. The molecule has 2 amide bonds. The Hall–Kier alpha value is -2.08. The topological polar surface area (TPSA) is 98.5 Å². The first-order chi connectivity index (χ1) is 10.3. The maximum atomic E-state index is 12.1. The Morgan fingerprint density at radius 2 is 1.82 bits per heavy atom. The number of rotatable bonds is 7. The van der Waals surface area contributed by atoms with Crippen molar-refractivity contribution >= 4 is 29.4 Å². The van der Waals surface area contributed by atoms with Crippen molar-refractivity contribution in [3.8, 4) is 0 Å². The Morgan fingerprint density at radius 1 is 1.23 bits per heavy atom. The van der Waals surface area contributed by atoms with Crippen LogP contribution < -0.4 is 11.1 Å². The van der Waals surface area contributed by atoms with Crippen LogP contribution in [0.1, 0.15) is 30.6 Å². The predicted octanol–water partition coefficient (Wildman–Crippen LogP) is 1.51. The first-order valence-corrected chi connectivity index (χ1v) is 7.18. The van der Waals surface area contributed by atoms with E-state index >= 15 is 0 Å². The number of carbonyl (C=O) groups is 3. The molecule has 3 N–H and O–H groups in total. The summed E-state index contributed by atoms with van der Waals surface area (Å²) < 4.78 is 4.77. The van der Waals surface area contributed by atoms with E-state index in [2.05, 4.69) is 5.32 Å². The van der Waals surface area contributed by atoms with Crippen LogP contribution in [0.4, 0.5) is 0 Å². The third kappa shape index (κ3) is 6.13. The van der Waals surface area contributed by atoms with Crippen molar-refractivity contribution < 1.29 is 19.1 Å². The largest absolute Gasteiger partial charge is 0.454 e. The molecule has 1 rings (SSSR count). The number of hydrogen-bond acceptors (Lipinski definition) is 4. The number of halogens is 1. The van der Waals surface area contributed by atoms with E-state index in [0.29, 0.717) is 17.0 Å². The third-order valence-electron chi connectivity index (χ3n) is 2.76.